The van der Waals surface area contributed by atoms with Crippen molar-refractivity contribution in [1.29, 1.82) is 0 Å². The lowest BCUT2D eigenvalue weighted by molar-refractivity contribution is 0.571. The second-order valence-electron chi connectivity index (χ2n) is 3.39. The average molecular weight is 241 g/mol. The van der Waals surface area contributed by atoms with E-state index < -0.39 is 0 Å². The van der Waals surface area contributed by atoms with Crippen LogP contribution in [-0.2, 0) is 6.54 Å². The van der Waals surface area contributed by atoms with Crippen LogP contribution in [0.1, 0.15) is 20.3 Å². The molecule has 0 fully saturated rings. The standard InChI is InChI=1S/C11H19N3OS/c1-3-12-10-8-11(15)14(13-9-10)6-5-7-16-4-2/h8-9,12H,3-7H2,1-2H3. The number of hydrogen-bond acceptors (Lipinski definition) is 4. The van der Waals surface area contributed by atoms with Crippen molar-refractivity contribution in [3.63, 3.8) is 0 Å². The third-order valence-corrected chi connectivity index (χ3v) is 3.10. The molecule has 1 heterocycles. The first-order valence-corrected chi connectivity index (χ1v) is 6.82. The van der Waals surface area contributed by atoms with Crippen LogP contribution in [-0.4, -0.2) is 27.8 Å². The molecule has 0 aliphatic rings. The highest BCUT2D eigenvalue weighted by Gasteiger charge is 1.99. The van der Waals surface area contributed by atoms with Gasteiger partial charge in [0.2, 0.25) is 0 Å². The van der Waals surface area contributed by atoms with Crippen molar-refractivity contribution < 1.29 is 0 Å². The molecule has 5 heteroatoms. The number of rotatable bonds is 7. The fraction of sp³-hybridized carbons (Fsp3) is 0.636. The fourth-order valence-electron chi connectivity index (χ4n) is 1.36. The van der Waals surface area contributed by atoms with Gasteiger partial charge in [0, 0.05) is 19.2 Å². The summed E-state index contributed by atoms with van der Waals surface area (Å²) in [5.41, 5.74) is 0.770. The number of anilines is 1. The largest absolute Gasteiger partial charge is 0.384 e. The van der Waals surface area contributed by atoms with Crippen molar-refractivity contribution in [2.24, 2.45) is 0 Å². The monoisotopic (exact) mass is 241 g/mol. The van der Waals surface area contributed by atoms with Crippen molar-refractivity contribution in [2.45, 2.75) is 26.8 Å². The third kappa shape index (κ3) is 4.26. The minimum Gasteiger partial charge on any atom is -0.384 e. The summed E-state index contributed by atoms with van der Waals surface area (Å²) in [6.07, 6.45) is 2.70. The number of aromatic nitrogens is 2. The summed E-state index contributed by atoms with van der Waals surface area (Å²) in [5, 5.41) is 7.20. The van der Waals surface area contributed by atoms with Crippen molar-refractivity contribution in [3.05, 3.63) is 22.6 Å². The van der Waals surface area contributed by atoms with E-state index in [1.807, 2.05) is 18.7 Å². The Balaban J connectivity index is 2.51. The maximum atomic E-state index is 11.6. The number of nitrogens with one attached hydrogen (secondary N) is 1. The summed E-state index contributed by atoms with van der Waals surface area (Å²) in [4.78, 5) is 11.6. The molecule has 0 bridgehead atoms. The van der Waals surface area contributed by atoms with Gasteiger partial charge in [-0.15, -0.1) is 0 Å². The second-order valence-corrected chi connectivity index (χ2v) is 4.78. The topological polar surface area (TPSA) is 46.9 Å². The maximum absolute atomic E-state index is 11.6. The summed E-state index contributed by atoms with van der Waals surface area (Å²) in [6, 6.07) is 1.60. The summed E-state index contributed by atoms with van der Waals surface area (Å²) in [5.74, 6) is 2.21. The SMILES string of the molecule is CCNc1cnn(CCCSCC)c(=O)c1. The normalized spacial score (nSPS) is 10.4. The Morgan fingerprint density at radius 3 is 2.94 bits per heavy atom. The Hall–Kier alpha value is -0.970. The first-order valence-electron chi connectivity index (χ1n) is 5.66. The quantitative estimate of drug-likeness (QED) is 0.740. The zero-order valence-electron chi connectivity index (χ0n) is 9.90. The molecular weight excluding hydrogens is 222 g/mol. The first kappa shape index (κ1) is 13.1. The van der Waals surface area contributed by atoms with Gasteiger partial charge in [-0.3, -0.25) is 4.79 Å². The lowest BCUT2D eigenvalue weighted by Crippen LogP contribution is -2.22. The molecule has 0 atom stereocenters. The molecule has 0 saturated heterocycles. The van der Waals surface area contributed by atoms with E-state index >= 15 is 0 Å². The summed E-state index contributed by atoms with van der Waals surface area (Å²) in [6.45, 7) is 5.64. The van der Waals surface area contributed by atoms with Crippen LogP contribution >= 0.6 is 11.8 Å². The van der Waals surface area contributed by atoms with Crippen LogP contribution in [0.3, 0.4) is 0 Å². The Morgan fingerprint density at radius 2 is 2.31 bits per heavy atom. The molecular formula is C11H19N3OS. The van der Waals surface area contributed by atoms with Gasteiger partial charge in [-0.05, 0) is 24.9 Å². The average Bonchev–Trinajstić information content (AvgIpc) is 2.27. The Kier molecular flexibility index (Phi) is 6.00. The van der Waals surface area contributed by atoms with Gasteiger partial charge in [0.15, 0.2) is 0 Å². The summed E-state index contributed by atoms with van der Waals surface area (Å²) < 4.78 is 1.52. The molecule has 90 valence electrons. The van der Waals surface area contributed by atoms with Gasteiger partial charge in [-0.25, -0.2) is 4.68 Å². The molecule has 0 saturated carbocycles. The van der Waals surface area contributed by atoms with Gasteiger partial charge in [-0.1, -0.05) is 6.92 Å². The molecule has 0 aliphatic heterocycles. The first-order chi connectivity index (χ1) is 7.77. The molecule has 0 aromatic carbocycles. The van der Waals surface area contributed by atoms with Gasteiger partial charge in [0.05, 0.1) is 11.9 Å². The van der Waals surface area contributed by atoms with Crippen LogP contribution in [0, 0.1) is 0 Å². The van der Waals surface area contributed by atoms with Gasteiger partial charge in [-0.2, -0.15) is 16.9 Å². The number of aryl methyl sites for hydroxylation is 1. The van der Waals surface area contributed by atoms with Gasteiger partial charge >= 0.3 is 0 Å². The van der Waals surface area contributed by atoms with Crippen LogP contribution in [0.15, 0.2) is 17.1 Å². The summed E-state index contributed by atoms with van der Waals surface area (Å²) in [7, 11) is 0. The van der Waals surface area contributed by atoms with E-state index in [9.17, 15) is 4.79 Å². The van der Waals surface area contributed by atoms with Gasteiger partial charge < -0.3 is 5.32 Å². The van der Waals surface area contributed by atoms with E-state index in [0.717, 1.165) is 30.2 Å². The van der Waals surface area contributed by atoms with E-state index in [0.29, 0.717) is 6.54 Å². The van der Waals surface area contributed by atoms with Gasteiger partial charge in [0.1, 0.15) is 0 Å². The lowest BCUT2D eigenvalue weighted by atomic mass is 10.4. The number of hydrogen-bond donors (Lipinski definition) is 1. The highest BCUT2D eigenvalue weighted by atomic mass is 32.2. The van der Waals surface area contributed by atoms with Crippen LogP contribution < -0.4 is 10.9 Å². The Labute approximate surface area is 100 Å². The minimum absolute atomic E-state index is 0.0278. The molecule has 1 aromatic heterocycles. The Bertz CT molecular complexity index is 364. The smallest absolute Gasteiger partial charge is 0.268 e. The van der Waals surface area contributed by atoms with E-state index in [1.54, 1.807) is 12.3 Å². The van der Waals surface area contributed by atoms with E-state index in [2.05, 4.69) is 17.3 Å². The maximum Gasteiger partial charge on any atom is 0.268 e. The highest BCUT2D eigenvalue weighted by molar-refractivity contribution is 7.99. The lowest BCUT2D eigenvalue weighted by Gasteiger charge is -2.06. The van der Waals surface area contributed by atoms with Crippen LogP contribution in [0.4, 0.5) is 5.69 Å². The molecule has 0 unspecified atom stereocenters. The van der Waals surface area contributed by atoms with Crippen LogP contribution in [0.5, 0.6) is 0 Å². The molecule has 0 amide bonds. The predicted octanol–water partition coefficient (Wildman–Crippen LogP) is 1.82. The third-order valence-electron chi connectivity index (χ3n) is 2.11. The molecule has 4 nitrogen and oxygen atoms in total. The molecule has 0 radical (unpaired) electrons. The number of thioether (sulfide) groups is 1. The van der Waals surface area contributed by atoms with Crippen molar-refractivity contribution in [1.82, 2.24) is 9.78 Å². The zero-order chi connectivity index (χ0) is 11.8. The van der Waals surface area contributed by atoms with Crippen LogP contribution in [0.2, 0.25) is 0 Å². The molecule has 16 heavy (non-hydrogen) atoms. The van der Waals surface area contributed by atoms with Crippen LogP contribution in [0.25, 0.3) is 0 Å². The van der Waals surface area contributed by atoms with Crippen molar-refractivity contribution in [2.75, 3.05) is 23.4 Å². The minimum atomic E-state index is -0.0278. The molecule has 1 aromatic rings. The molecule has 1 rings (SSSR count). The summed E-state index contributed by atoms with van der Waals surface area (Å²) >= 11 is 1.89. The number of nitrogens with zero attached hydrogens (tertiary/aromatic N) is 2. The van der Waals surface area contributed by atoms with E-state index in [-0.39, 0.29) is 5.56 Å². The van der Waals surface area contributed by atoms with E-state index in [1.165, 1.54) is 4.68 Å². The predicted molar refractivity (Wildman–Crippen MR) is 70.3 cm³/mol. The van der Waals surface area contributed by atoms with Crippen molar-refractivity contribution in [3.8, 4) is 0 Å². The van der Waals surface area contributed by atoms with Crippen molar-refractivity contribution >= 4 is 17.4 Å². The molecule has 0 aliphatic carbocycles. The zero-order valence-corrected chi connectivity index (χ0v) is 10.7. The van der Waals surface area contributed by atoms with Gasteiger partial charge in [0.25, 0.3) is 5.56 Å². The molecule has 1 N–H and O–H groups in total. The Morgan fingerprint density at radius 1 is 1.50 bits per heavy atom. The highest BCUT2D eigenvalue weighted by Crippen LogP contribution is 2.02. The fourth-order valence-corrected chi connectivity index (χ4v) is 1.98. The van der Waals surface area contributed by atoms with E-state index in [4.69, 9.17) is 0 Å². The second kappa shape index (κ2) is 7.33. The molecule has 0 spiro atoms.